The van der Waals surface area contributed by atoms with Gasteiger partial charge in [-0.1, -0.05) is 25.1 Å². The lowest BCUT2D eigenvalue weighted by Crippen LogP contribution is -2.34. The Balaban J connectivity index is 1.52. The Labute approximate surface area is 147 Å². The number of amides is 2. The van der Waals surface area contributed by atoms with E-state index in [1.807, 2.05) is 24.3 Å². The first-order chi connectivity index (χ1) is 12.2. The number of rotatable bonds is 7. The number of aryl methyl sites for hydroxylation is 2. The molecule has 1 aromatic carbocycles. The van der Waals surface area contributed by atoms with Crippen molar-refractivity contribution >= 4 is 17.5 Å². The van der Waals surface area contributed by atoms with Crippen molar-refractivity contribution in [2.24, 2.45) is 5.92 Å². The topological polar surface area (TPSA) is 80.1 Å². The standard InChI is InChI=1S/C18H23N5O2/c1-2-14-6-3-4-7-16(14)23-11-15(10-17(23)24)18(25)20-8-5-9-22-13-19-12-21-22/h3-4,6-7,12-13,15H,2,5,8-11H2,1H3,(H,20,25). The van der Waals surface area contributed by atoms with Gasteiger partial charge in [0.1, 0.15) is 12.7 Å². The van der Waals surface area contributed by atoms with Gasteiger partial charge in [-0.15, -0.1) is 0 Å². The van der Waals surface area contributed by atoms with Crippen molar-refractivity contribution in [3.05, 3.63) is 42.5 Å². The average molecular weight is 341 g/mol. The van der Waals surface area contributed by atoms with Crippen LogP contribution in [0.5, 0.6) is 0 Å². The van der Waals surface area contributed by atoms with Crippen molar-refractivity contribution in [1.29, 1.82) is 0 Å². The third-order valence-electron chi connectivity index (χ3n) is 4.49. The number of aromatic nitrogens is 3. The number of carbonyl (C=O) groups is 2. The summed E-state index contributed by atoms with van der Waals surface area (Å²) < 4.78 is 1.73. The highest BCUT2D eigenvalue weighted by Gasteiger charge is 2.35. The Kier molecular flexibility index (Phi) is 5.42. The molecule has 132 valence electrons. The molecule has 25 heavy (non-hydrogen) atoms. The van der Waals surface area contributed by atoms with E-state index in [4.69, 9.17) is 0 Å². The van der Waals surface area contributed by atoms with Crippen LogP contribution in [-0.2, 0) is 22.6 Å². The van der Waals surface area contributed by atoms with Crippen LogP contribution in [-0.4, -0.2) is 39.7 Å². The van der Waals surface area contributed by atoms with Gasteiger partial charge >= 0.3 is 0 Å². The van der Waals surface area contributed by atoms with Crippen molar-refractivity contribution in [3.63, 3.8) is 0 Å². The molecule has 7 heteroatoms. The molecule has 7 nitrogen and oxygen atoms in total. The average Bonchev–Trinajstić information content (AvgIpc) is 3.28. The highest BCUT2D eigenvalue weighted by Crippen LogP contribution is 2.28. The van der Waals surface area contributed by atoms with Crippen LogP contribution in [0.4, 0.5) is 5.69 Å². The lowest BCUT2D eigenvalue weighted by Gasteiger charge is -2.20. The van der Waals surface area contributed by atoms with E-state index in [9.17, 15) is 9.59 Å². The molecular formula is C18H23N5O2. The molecule has 1 fully saturated rings. The number of para-hydroxylation sites is 1. The predicted molar refractivity (Wildman–Crippen MR) is 93.9 cm³/mol. The van der Waals surface area contributed by atoms with Gasteiger partial charge in [-0.2, -0.15) is 5.10 Å². The Morgan fingerprint density at radius 1 is 1.36 bits per heavy atom. The molecule has 3 rings (SSSR count). The second kappa shape index (κ2) is 7.92. The number of benzene rings is 1. The van der Waals surface area contributed by atoms with Gasteiger partial charge in [0.15, 0.2) is 0 Å². The van der Waals surface area contributed by atoms with E-state index >= 15 is 0 Å². The van der Waals surface area contributed by atoms with E-state index in [0.717, 1.165) is 24.1 Å². The molecule has 1 N–H and O–H groups in total. The molecule has 1 aliphatic heterocycles. The van der Waals surface area contributed by atoms with E-state index in [2.05, 4.69) is 22.3 Å². The molecule has 1 aromatic heterocycles. The van der Waals surface area contributed by atoms with Crippen molar-refractivity contribution in [2.45, 2.75) is 32.7 Å². The molecule has 1 saturated heterocycles. The lowest BCUT2D eigenvalue weighted by molar-refractivity contribution is -0.126. The fraction of sp³-hybridized carbons (Fsp3) is 0.444. The number of nitrogens with one attached hydrogen (secondary N) is 1. The normalized spacial score (nSPS) is 17.1. The Morgan fingerprint density at radius 2 is 2.20 bits per heavy atom. The first-order valence-electron chi connectivity index (χ1n) is 8.67. The summed E-state index contributed by atoms with van der Waals surface area (Å²) >= 11 is 0. The van der Waals surface area contributed by atoms with Gasteiger partial charge in [0, 0.05) is 31.7 Å². The second-order valence-electron chi connectivity index (χ2n) is 6.19. The van der Waals surface area contributed by atoms with Gasteiger partial charge < -0.3 is 10.2 Å². The fourth-order valence-electron chi connectivity index (χ4n) is 3.13. The quantitative estimate of drug-likeness (QED) is 0.772. The van der Waals surface area contributed by atoms with Crippen LogP contribution >= 0.6 is 0 Å². The summed E-state index contributed by atoms with van der Waals surface area (Å²) in [5.41, 5.74) is 2.06. The molecule has 1 atom stereocenters. The molecule has 0 saturated carbocycles. The molecule has 0 spiro atoms. The van der Waals surface area contributed by atoms with Gasteiger partial charge in [-0.25, -0.2) is 4.98 Å². The maximum absolute atomic E-state index is 12.4. The number of nitrogens with zero attached hydrogens (tertiary/aromatic N) is 4. The molecule has 2 aromatic rings. The summed E-state index contributed by atoms with van der Waals surface area (Å²) in [4.78, 5) is 30.4. The molecule has 0 bridgehead atoms. The minimum absolute atomic E-state index is 0.0173. The predicted octanol–water partition coefficient (Wildman–Crippen LogP) is 1.40. The zero-order chi connectivity index (χ0) is 17.6. The molecule has 0 aliphatic carbocycles. The molecule has 2 amide bonds. The smallest absolute Gasteiger partial charge is 0.227 e. The number of hydrogen-bond donors (Lipinski definition) is 1. The third kappa shape index (κ3) is 4.04. The van der Waals surface area contributed by atoms with Crippen LogP contribution in [0.2, 0.25) is 0 Å². The van der Waals surface area contributed by atoms with Crippen LogP contribution in [0.1, 0.15) is 25.3 Å². The summed E-state index contributed by atoms with van der Waals surface area (Å²) in [5, 5.41) is 6.95. The summed E-state index contributed by atoms with van der Waals surface area (Å²) in [7, 11) is 0. The van der Waals surface area contributed by atoms with E-state index in [1.54, 1.807) is 15.9 Å². The largest absolute Gasteiger partial charge is 0.356 e. The van der Waals surface area contributed by atoms with Crippen LogP contribution < -0.4 is 10.2 Å². The number of hydrogen-bond acceptors (Lipinski definition) is 4. The van der Waals surface area contributed by atoms with Crippen LogP contribution in [0.15, 0.2) is 36.9 Å². The molecular weight excluding hydrogens is 318 g/mol. The van der Waals surface area contributed by atoms with E-state index in [-0.39, 0.29) is 24.2 Å². The van der Waals surface area contributed by atoms with Gasteiger partial charge in [0.25, 0.3) is 0 Å². The monoisotopic (exact) mass is 341 g/mol. The van der Waals surface area contributed by atoms with Gasteiger partial charge in [0.2, 0.25) is 11.8 Å². The van der Waals surface area contributed by atoms with Crippen LogP contribution in [0.25, 0.3) is 0 Å². The highest BCUT2D eigenvalue weighted by atomic mass is 16.2. The van der Waals surface area contributed by atoms with Crippen molar-refractivity contribution in [3.8, 4) is 0 Å². The molecule has 0 radical (unpaired) electrons. The summed E-state index contributed by atoms with van der Waals surface area (Å²) in [6.07, 6.45) is 5.05. The van der Waals surface area contributed by atoms with Crippen molar-refractivity contribution in [2.75, 3.05) is 18.0 Å². The maximum Gasteiger partial charge on any atom is 0.227 e. The third-order valence-corrected chi connectivity index (χ3v) is 4.49. The van der Waals surface area contributed by atoms with E-state index < -0.39 is 0 Å². The van der Waals surface area contributed by atoms with Gasteiger partial charge in [-0.3, -0.25) is 14.3 Å². The minimum atomic E-state index is -0.288. The fourth-order valence-corrected chi connectivity index (χ4v) is 3.13. The highest BCUT2D eigenvalue weighted by molar-refractivity contribution is 6.00. The first-order valence-corrected chi connectivity index (χ1v) is 8.67. The van der Waals surface area contributed by atoms with Crippen LogP contribution in [0, 0.1) is 5.92 Å². The van der Waals surface area contributed by atoms with E-state index in [1.165, 1.54) is 6.33 Å². The Hall–Kier alpha value is -2.70. The summed E-state index contributed by atoms with van der Waals surface area (Å²) in [6.45, 7) is 3.79. The van der Waals surface area contributed by atoms with E-state index in [0.29, 0.717) is 19.6 Å². The maximum atomic E-state index is 12.4. The lowest BCUT2D eigenvalue weighted by atomic mass is 10.1. The first kappa shape index (κ1) is 17.1. The van der Waals surface area contributed by atoms with Gasteiger partial charge in [0.05, 0.1) is 5.92 Å². The molecule has 1 aliphatic rings. The van der Waals surface area contributed by atoms with Crippen molar-refractivity contribution < 1.29 is 9.59 Å². The summed E-state index contributed by atoms with van der Waals surface area (Å²) in [5.74, 6) is -0.323. The SMILES string of the molecule is CCc1ccccc1N1CC(C(=O)NCCCn2cncn2)CC1=O. The number of anilines is 1. The zero-order valence-electron chi connectivity index (χ0n) is 14.4. The minimum Gasteiger partial charge on any atom is -0.356 e. The second-order valence-corrected chi connectivity index (χ2v) is 6.19. The zero-order valence-corrected chi connectivity index (χ0v) is 14.4. The Bertz CT molecular complexity index is 729. The molecule has 1 unspecified atom stereocenters. The number of carbonyl (C=O) groups excluding carboxylic acids is 2. The van der Waals surface area contributed by atoms with Crippen LogP contribution in [0.3, 0.4) is 0 Å². The summed E-state index contributed by atoms with van der Waals surface area (Å²) in [6, 6.07) is 7.89. The Morgan fingerprint density at radius 3 is 2.96 bits per heavy atom. The van der Waals surface area contributed by atoms with Crippen molar-refractivity contribution in [1.82, 2.24) is 20.1 Å². The van der Waals surface area contributed by atoms with Gasteiger partial charge in [-0.05, 0) is 24.5 Å². The molecule has 2 heterocycles.